The van der Waals surface area contributed by atoms with Crippen molar-refractivity contribution in [1.29, 1.82) is 0 Å². The van der Waals surface area contributed by atoms with Crippen LogP contribution in [0.15, 0.2) is 30.3 Å². The third-order valence-electron chi connectivity index (χ3n) is 4.66. The fraction of sp³-hybridized carbons (Fsp3) is 0.368. The van der Waals surface area contributed by atoms with Gasteiger partial charge in [-0.2, -0.15) is 0 Å². The van der Waals surface area contributed by atoms with Crippen LogP contribution in [0, 0.1) is 20.8 Å². The van der Waals surface area contributed by atoms with Crippen LogP contribution in [0.1, 0.15) is 23.6 Å². The normalized spacial score (nSPS) is 16.9. The molecule has 2 aromatic rings. The zero-order valence-electron chi connectivity index (χ0n) is 14.3. The van der Waals surface area contributed by atoms with E-state index in [1.807, 2.05) is 0 Å². The second-order valence-corrected chi connectivity index (χ2v) is 6.22. The summed E-state index contributed by atoms with van der Waals surface area (Å²) in [5, 5.41) is 0. The predicted molar refractivity (Wildman–Crippen MR) is 93.7 cm³/mol. The highest BCUT2D eigenvalue weighted by Crippen LogP contribution is 2.46. The lowest BCUT2D eigenvalue weighted by atomic mass is 10.1. The third-order valence-corrected chi connectivity index (χ3v) is 4.66. The highest BCUT2D eigenvalue weighted by atomic mass is 16.5. The number of nitrogens with zero attached hydrogens (tertiary/aromatic N) is 2. The van der Waals surface area contributed by atoms with Crippen molar-refractivity contribution >= 4 is 17.1 Å². The van der Waals surface area contributed by atoms with Crippen molar-refractivity contribution in [1.82, 2.24) is 0 Å². The Labute approximate surface area is 133 Å². The number of hydrogen-bond donors (Lipinski definition) is 0. The Hall–Kier alpha value is -2.16. The summed E-state index contributed by atoms with van der Waals surface area (Å²) in [6.45, 7) is 8.63. The molecule has 0 amide bonds. The van der Waals surface area contributed by atoms with Gasteiger partial charge in [0.25, 0.3) is 0 Å². The third kappa shape index (κ3) is 2.12. The minimum atomic E-state index is 0.280. The summed E-state index contributed by atoms with van der Waals surface area (Å²) in [6.07, 6.45) is 0.280. The van der Waals surface area contributed by atoms with Crippen molar-refractivity contribution in [3.05, 3.63) is 47.0 Å². The molecule has 116 valence electrons. The van der Waals surface area contributed by atoms with Gasteiger partial charge in [0.2, 0.25) is 0 Å². The van der Waals surface area contributed by atoms with E-state index < -0.39 is 0 Å². The number of ether oxygens (including phenoxy) is 1. The number of methoxy groups -OCH3 is 1. The summed E-state index contributed by atoms with van der Waals surface area (Å²) in [6, 6.07) is 11.0. The number of aryl methyl sites for hydroxylation is 2. The van der Waals surface area contributed by atoms with Gasteiger partial charge in [0.15, 0.2) is 0 Å². The molecule has 2 aromatic carbocycles. The minimum Gasteiger partial charge on any atom is -0.496 e. The van der Waals surface area contributed by atoms with Crippen molar-refractivity contribution in [3.8, 4) is 5.75 Å². The Morgan fingerprint density at radius 3 is 2.27 bits per heavy atom. The fourth-order valence-electron chi connectivity index (χ4n) is 3.30. The van der Waals surface area contributed by atoms with Crippen LogP contribution in [0.2, 0.25) is 0 Å². The Balaban J connectivity index is 2.21. The van der Waals surface area contributed by atoms with E-state index in [0.29, 0.717) is 0 Å². The van der Waals surface area contributed by atoms with E-state index in [4.69, 9.17) is 4.74 Å². The maximum absolute atomic E-state index is 5.56. The number of rotatable bonds is 2. The molecular formula is C19H24N2O. The van der Waals surface area contributed by atoms with Gasteiger partial charge in [-0.25, -0.2) is 0 Å². The summed E-state index contributed by atoms with van der Waals surface area (Å²) >= 11 is 0. The Morgan fingerprint density at radius 2 is 1.59 bits per heavy atom. The average Bonchev–Trinajstić information content (AvgIpc) is 2.72. The minimum absolute atomic E-state index is 0.280. The van der Waals surface area contributed by atoms with E-state index in [1.165, 1.54) is 33.8 Å². The van der Waals surface area contributed by atoms with E-state index >= 15 is 0 Å². The molecular weight excluding hydrogens is 272 g/mol. The van der Waals surface area contributed by atoms with Gasteiger partial charge >= 0.3 is 0 Å². The van der Waals surface area contributed by atoms with Crippen LogP contribution < -0.4 is 14.5 Å². The van der Waals surface area contributed by atoms with E-state index in [-0.39, 0.29) is 6.17 Å². The molecule has 3 rings (SSSR count). The molecule has 0 N–H and O–H groups in total. The van der Waals surface area contributed by atoms with Crippen LogP contribution in [-0.4, -0.2) is 20.3 Å². The topological polar surface area (TPSA) is 15.7 Å². The van der Waals surface area contributed by atoms with Crippen LogP contribution in [-0.2, 0) is 0 Å². The van der Waals surface area contributed by atoms with Gasteiger partial charge in [0.1, 0.15) is 11.9 Å². The predicted octanol–water partition coefficient (Wildman–Crippen LogP) is 4.55. The number of benzene rings is 2. The Kier molecular flexibility index (Phi) is 3.51. The van der Waals surface area contributed by atoms with E-state index in [2.05, 4.69) is 74.9 Å². The average molecular weight is 296 g/mol. The van der Waals surface area contributed by atoms with Crippen LogP contribution in [0.4, 0.5) is 17.1 Å². The molecule has 0 saturated heterocycles. The van der Waals surface area contributed by atoms with Crippen LogP contribution in [0.3, 0.4) is 0 Å². The number of hydrogen-bond acceptors (Lipinski definition) is 3. The molecule has 1 atom stereocenters. The highest BCUT2D eigenvalue weighted by Gasteiger charge is 2.32. The molecule has 3 nitrogen and oxygen atoms in total. The quantitative estimate of drug-likeness (QED) is 0.808. The van der Waals surface area contributed by atoms with Gasteiger partial charge in [-0.05, 0) is 63.1 Å². The van der Waals surface area contributed by atoms with Crippen LogP contribution >= 0.6 is 0 Å². The highest BCUT2D eigenvalue weighted by molar-refractivity contribution is 5.85. The molecule has 0 radical (unpaired) electrons. The lowest BCUT2D eigenvalue weighted by Crippen LogP contribution is -2.36. The molecule has 0 spiro atoms. The molecule has 0 unspecified atom stereocenters. The largest absolute Gasteiger partial charge is 0.496 e. The maximum atomic E-state index is 5.56. The van der Waals surface area contributed by atoms with Crippen molar-refractivity contribution in [2.45, 2.75) is 33.9 Å². The van der Waals surface area contributed by atoms with Gasteiger partial charge < -0.3 is 14.5 Å². The maximum Gasteiger partial charge on any atom is 0.124 e. The van der Waals surface area contributed by atoms with Gasteiger partial charge in [-0.3, -0.25) is 0 Å². The number of anilines is 3. The molecule has 0 fully saturated rings. The first-order valence-corrected chi connectivity index (χ1v) is 7.72. The molecule has 0 saturated carbocycles. The Bertz CT molecular complexity index is 724. The molecule has 1 aliphatic rings. The molecule has 1 aliphatic heterocycles. The van der Waals surface area contributed by atoms with E-state index in [0.717, 1.165) is 5.75 Å². The SMILES string of the molecule is COc1cc(C)cc(N2c3cc(C)ccc3N(C)[C@@H]2C)c1C. The van der Waals surface area contributed by atoms with E-state index in [9.17, 15) is 0 Å². The standard InChI is InChI=1S/C19H24N2O/c1-12-7-8-16-18(9-12)21(15(4)20(16)5)17-10-13(2)11-19(22-6)14(17)3/h7-11,15H,1-6H3/t15-/m0/s1. The Morgan fingerprint density at radius 1 is 0.909 bits per heavy atom. The molecule has 1 heterocycles. The second kappa shape index (κ2) is 5.24. The lowest BCUT2D eigenvalue weighted by molar-refractivity contribution is 0.411. The van der Waals surface area contributed by atoms with Crippen LogP contribution in [0.5, 0.6) is 5.75 Å². The van der Waals surface area contributed by atoms with Gasteiger partial charge in [-0.15, -0.1) is 0 Å². The number of fused-ring (bicyclic) bond motifs is 1. The molecule has 0 bridgehead atoms. The summed E-state index contributed by atoms with van der Waals surface area (Å²) in [5.41, 5.74) is 7.45. The van der Waals surface area contributed by atoms with Crippen molar-refractivity contribution in [2.24, 2.45) is 0 Å². The molecule has 0 aromatic heterocycles. The first-order chi connectivity index (χ1) is 10.4. The van der Waals surface area contributed by atoms with Crippen LogP contribution in [0.25, 0.3) is 0 Å². The zero-order chi connectivity index (χ0) is 16.0. The monoisotopic (exact) mass is 296 g/mol. The molecule has 3 heteroatoms. The molecule has 0 aliphatic carbocycles. The van der Waals surface area contributed by atoms with Gasteiger partial charge in [0, 0.05) is 18.3 Å². The fourth-order valence-corrected chi connectivity index (χ4v) is 3.30. The van der Waals surface area contributed by atoms with Gasteiger partial charge in [0.05, 0.1) is 18.5 Å². The molecule has 22 heavy (non-hydrogen) atoms. The van der Waals surface area contributed by atoms with Gasteiger partial charge in [-0.1, -0.05) is 6.07 Å². The summed E-state index contributed by atoms with van der Waals surface area (Å²) in [7, 11) is 3.89. The first-order valence-electron chi connectivity index (χ1n) is 7.72. The second-order valence-electron chi connectivity index (χ2n) is 6.22. The summed E-state index contributed by atoms with van der Waals surface area (Å²) in [4.78, 5) is 4.73. The van der Waals surface area contributed by atoms with Crippen molar-refractivity contribution in [2.75, 3.05) is 24.0 Å². The van der Waals surface area contributed by atoms with E-state index in [1.54, 1.807) is 7.11 Å². The van der Waals surface area contributed by atoms with Crippen molar-refractivity contribution in [3.63, 3.8) is 0 Å². The first kappa shape index (κ1) is 14.8. The summed E-state index contributed by atoms with van der Waals surface area (Å²) in [5.74, 6) is 0.950. The zero-order valence-corrected chi connectivity index (χ0v) is 14.3. The lowest BCUT2D eigenvalue weighted by Gasteiger charge is -2.30. The smallest absolute Gasteiger partial charge is 0.124 e. The van der Waals surface area contributed by atoms with Crippen molar-refractivity contribution < 1.29 is 4.74 Å². The summed E-state index contributed by atoms with van der Waals surface area (Å²) < 4.78 is 5.56.